The second-order valence-electron chi connectivity index (χ2n) is 2.83. The Bertz CT molecular complexity index is 309. The number of aromatic amines is 1. The van der Waals surface area contributed by atoms with Gasteiger partial charge in [-0.05, 0) is 19.4 Å². The topological polar surface area (TPSA) is 60.9 Å². The van der Waals surface area contributed by atoms with E-state index < -0.39 is 0 Å². The lowest BCUT2D eigenvalue weighted by Crippen LogP contribution is -2.03. The van der Waals surface area contributed by atoms with Gasteiger partial charge in [-0.2, -0.15) is 4.98 Å². The van der Waals surface area contributed by atoms with Crippen molar-refractivity contribution in [3.63, 3.8) is 0 Å². The van der Waals surface area contributed by atoms with Crippen molar-refractivity contribution < 1.29 is 5.11 Å². The maximum absolute atomic E-state index is 9.36. The minimum absolute atomic E-state index is 0.0544. The van der Waals surface area contributed by atoms with Gasteiger partial charge in [-0.3, -0.25) is 0 Å². The zero-order valence-corrected chi connectivity index (χ0v) is 8.18. The number of aromatic hydroxyl groups is 1. The molecule has 3 N–H and O–H groups in total. The van der Waals surface area contributed by atoms with Crippen LogP contribution in [0.2, 0.25) is 0 Å². The van der Waals surface area contributed by atoms with Crippen LogP contribution in [0.1, 0.15) is 24.9 Å². The molecule has 0 aliphatic heterocycles. The Kier molecular flexibility index (Phi) is 2.95. The van der Waals surface area contributed by atoms with E-state index >= 15 is 0 Å². The molecular weight excluding hydrogens is 166 g/mol. The highest BCUT2D eigenvalue weighted by Gasteiger charge is 2.03. The van der Waals surface area contributed by atoms with Crippen molar-refractivity contribution in [2.24, 2.45) is 0 Å². The molecule has 1 aromatic rings. The summed E-state index contributed by atoms with van der Waals surface area (Å²) in [6.07, 6.45) is 2.75. The zero-order chi connectivity index (χ0) is 9.84. The standard InChI is InChI=1S/C9H15N3O/c1-4-7(10-3)5-8-9(13)12-6(2)11-8/h5,10,13H,4H2,1-3H3,(H,11,12)/b7-5+. The zero-order valence-electron chi connectivity index (χ0n) is 8.18. The Morgan fingerprint density at radius 1 is 1.69 bits per heavy atom. The monoisotopic (exact) mass is 181 g/mol. The SMILES string of the molecule is CC/C(=C\c1[nH]c(C)nc1O)NC. The van der Waals surface area contributed by atoms with Crippen LogP contribution >= 0.6 is 0 Å². The molecule has 0 bridgehead atoms. The Hall–Kier alpha value is -1.45. The van der Waals surface area contributed by atoms with Crippen molar-refractivity contribution in [3.8, 4) is 5.88 Å². The molecule has 13 heavy (non-hydrogen) atoms. The minimum atomic E-state index is 0.0544. The minimum Gasteiger partial charge on any atom is -0.492 e. The van der Waals surface area contributed by atoms with Gasteiger partial charge in [0.15, 0.2) is 0 Å². The highest BCUT2D eigenvalue weighted by atomic mass is 16.3. The van der Waals surface area contributed by atoms with Crippen molar-refractivity contribution in [2.45, 2.75) is 20.3 Å². The first kappa shape index (κ1) is 9.64. The van der Waals surface area contributed by atoms with Gasteiger partial charge in [-0.15, -0.1) is 0 Å². The number of nitrogens with one attached hydrogen (secondary N) is 2. The predicted molar refractivity (Wildman–Crippen MR) is 52.3 cm³/mol. The number of imidazole rings is 1. The Morgan fingerprint density at radius 3 is 2.77 bits per heavy atom. The molecule has 0 radical (unpaired) electrons. The maximum atomic E-state index is 9.36. The molecule has 1 aromatic heterocycles. The number of nitrogens with zero attached hydrogens (tertiary/aromatic N) is 1. The van der Waals surface area contributed by atoms with Gasteiger partial charge in [-0.25, -0.2) is 0 Å². The van der Waals surface area contributed by atoms with Gasteiger partial charge in [-0.1, -0.05) is 6.92 Å². The molecule has 1 heterocycles. The highest BCUT2D eigenvalue weighted by Crippen LogP contribution is 2.16. The molecule has 0 spiro atoms. The number of allylic oxidation sites excluding steroid dienone is 1. The summed E-state index contributed by atoms with van der Waals surface area (Å²) in [5, 5.41) is 12.4. The van der Waals surface area contributed by atoms with E-state index in [1.54, 1.807) is 0 Å². The lowest BCUT2D eigenvalue weighted by atomic mass is 10.3. The van der Waals surface area contributed by atoms with E-state index in [9.17, 15) is 5.11 Å². The third kappa shape index (κ3) is 2.24. The smallest absolute Gasteiger partial charge is 0.237 e. The first-order chi connectivity index (χ1) is 6.17. The number of hydrogen-bond acceptors (Lipinski definition) is 3. The van der Waals surface area contributed by atoms with Gasteiger partial charge < -0.3 is 15.4 Å². The van der Waals surface area contributed by atoms with Crippen molar-refractivity contribution in [1.29, 1.82) is 0 Å². The summed E-state index contributed by atoms with van der Waals surface area (Å²) in [5.74, 6) is 0.772. The second kappa shape index (κ2) is 3.98. The van der Waals surface area contributed by atoms with E-state index in [0.29, 0.717) is 5.69 Å². The largest absolute Gasteiger partial charge is 0.492 e. The summed E-state index contributed by atoms with van der Waals surface area (Å²) in [6, 6.07) is 0. The fourth-order valence-corrected chi connectivity index (χ4v) is 1.12. The van der Waals surface area contributed by atoms with E-state index in [4.69, 9.17) is 0 Å². The molecule has 0 aliphatic carbocycles. The van der Waals surface area contributed by atoms with Crippen LogP contribution in [0.25, 0.3) is 6.08 Å². The fraction of sp³-hybridized carbons (Fsp3) is 0.444. The van der Waals surface area contributed by atoms with E-state index in [2.05, 4.69) is 15.3 Å². The number of rotatable bonds is 3. The molecule has 0 saturated carbocycles. The predicted octanol–water partition coefficient (Wildman–Crippen LogP) is 1.39. The summed E-state index contributed by atoms with van der Waals surface area (Å²) >= 11 is 0. The van der Waals surface area contributed by atoms with Crippen molar-refractivity contribution in [1.82, 2.24) is 15.3 Å². The molecule has 0 saturated heterocycles. The molecule has 4 heteroatoms. The van der Waals surface area contributed by atoms with E-state index in [1.165, 1.54) is 0 Å². The molecule has 1 rings (SSSR count). The van der Waals surface area contributed by atoms with Crippen LogP contribution in [0.3, 0.4) is 0 Å². The molecule has 72 valence electrons. The van der Waals surface area contributed by atoms with Gasteiger partial charge in [0.2, 0.25) is 5.88 Å². The van der Waals surface area contributed by atoms with Crippen molar-refractivity contribution in [2.75, 3.05) is 7.05 Å². The van der Waals surface area contributed by atoms with Gasteiger partial charge in [0.25, 0.3) is 0 Å². The molecular formula is C9H15N3O. The van der Waals surface area contributed by atoms with Crippen LogP contribution in [0.15, 0.2) is 5.70 Å². The lowest BCUT2D eigenvalue weighted by Gasteiger charge is -2.01. The van der Waals surface area contributed by atoms with E-state index in [0.717, 1.165) is 17.9 Å². The third-order valence-corrected chi connectivity index (χ3v) is 1.85. The number of aryl methyl sites for hydroxylation is 1. The quantitative estimate of drug-likeness (QED) is 0.660. The van der Waals surface area contributed by atoms with Gasteiger partial charge in [0.1, 0.15) is 11.5 Å². The van der Waals surface area contributed by atoms with Crippen LogP contribution < -0.4 is 5.32 Å². The Labute approximate surface area is 77.7 Å². The van der Waals surface area contributed by atoms with Crippen LogP contribution in [-0.2, 0) is 0 Å². The van der Waals surface area contributed by atoms with Crippen molar-refractivity contribution >= 4 is 6.08 Å². The van der Waals surface area contributed by atoms with Crippen LogP contribution in [0.5, 0.6) is 5.88 Å². The average Bonchev–Trinajstić information content (AvgIpc) is 2.41. The van der Waals surface area contributed by atoms with Gasteiger partial charge in [0.05, 0.1) is 0 Å². The summed E-state index contributed by atoms with van der Waals surface area (Å²) in [5.41, 5.74) is 1.71. The normalized spacial score (nSPS) is 11.8. The summed E-state index contributed by atoms with van der Waals surface area (Å²) < 4.78 is 0. The summed E-state index contributed by atoms with van der Waals surface area (Å²) in [6.45, 7) is 3.85. The maximum Gasteiger partial charge on any atom is 0.237 e. The number of aromatic nitrogens is 2. The van der Waals surface area contributed by atoms with Crippen LogP contribution in [0, 0.1) is 6.92 Å². The fourth-order valence-electron chi connectivity index (χ4n) is 1.12. The number of hydrogen-bond donors (Lipinski definition) is 3. The first-order valence-electron chi connectivity index (χ1n) is 4.31. The summed E-state index contributed by atoms with van der Waals surface area (Å²) in [7, 11) is 1.86. The van der Waals surface area contributed by atoms with Gasteiger partial charge in [0, 0.05) is 12.7 Å². The molecule has 0 atom stereocenters. The molecule has 0 amide bonds. The Balaban J connectivity index is 2.95. The molecule has 0 fully saturated rings. The summed E-state index contributed by atoms with van der Waals surface area (Å²) in [4.78, 5) is 6.83. The van der Waals surface area contributed by atoms with Crippen LogP contribution in [0.4, 0.5) is 0 Å². The molecule has 0 unspecified atom stereocenters. The lowest BCUT2D eigenvalue weighted by molar-refractivity contribution is 0.454. The Morgan fingerprint density at radius 2 is 2.38 bits per heavy atom. The van der Waals surface area contributed by atoms with E-state index in [1.807, 2.05) is 27.0 Å². The van der Waals surface area contributed by atoms with Gasteiger partial charge >= 0.3 is 0 Å². The van der Waals surface area contributed by atoms with Crippen LogP contribution in [-0.4, -0.2) is 22.1 Å². The second-order valence-corrected chi connectivity index (χ2v) is 2.83. The van der Waals surface area contributed by atoms with E-state index in [-0.39, 0.29) is 5.88 Å². The average molecular weight is 181 g/mol. The number of H-pyrrole nitrogens is 1. The molecule has 0 aromatic carbocycles. The van der Waals surface area contributed by atoms with Crippen molar-refractivity contribution in [3.05, 3.63) is 17.2 Å². The highest BCUT2D eigenvalue weighted by molar-refractivity contribution is 5.53. The molecule has 4 nitrogen and oxygen atoms in total. The third-order valence-electron chi connectivity index (χ3n) is 1.85. The molecule has 0 aliphatic rings. The first-order valence-corrected chi connectivity index (χ1v) is 4.31.